The number of carbonyl (C=O) groups is 2. The maximum atomic E-state index is 12.1. The molecule has 0 radical (unpaired) electrons. The molecule has 0 spiro atoms. The van der Waals surface area contributed by atoms with E-state index in [0.29, 0.717) is 34.1 Å². The fourth-order valence-electron chi connectivity index (χ4n) is 1.72. The fraction of sp³-hybridized carbons (Fsp3) is 0.214. The van der Waals surface area contributed by atoms with Crippen molar-refractivity contribution in [3.8, 4) is 0 Å². The zero-order valence-corrected chi connectivity index (χ0v) is 12.4. The second kappa shape index (κ2) is 6.41. The summed E-state index contributed by atoms with van der Waals surface area (Å²) in [4.78, 5) is 23.5. The van der Waals surface area contributed by atoms with E-state index in [1.807, 2.05) is 0 Å². The Bertz CT molecular complexity index is 681. The van der Waals surface area contributed by atoms with Crippen LogP contribution in [-0.2, 0) is 4.79 Å². The summed E-state index contributed by atoms with van der Waals surface area (Å²) in [5.74, 6) is -0.428. The van der Waals surface area contributed by atoms with Gasteiger partial charge in [0.1, 0.15) is 0 Å². The van der Waals surface area contributed by atoms with E-state index in [1.54, 1.807) is 32.0 Å². The number of nitrogens with zero attached hydrogens (tertiary/aromatic N) is 1. The summed E-state index contributed by atoms with van der Waals surface area (Å²) in [7, 11) is 0. The quantitative estimate of drug-likeness (QED) is 0.811. The number of nitrogens with one attached hydrogen (secondary N) is 3. The van der Waals surface area contributed by atoms with Crippen LogP contribution in [0.5, 0.6) is 0 Å². The lowest BCUT2D eigenvalue weighted by molar-refractivity contribution is -0.115. The van der Waals surface area contributed by atoms with Crippen molar-refractivity contribution in [2.45, 2.75) is 20.3 Å². The Morgan fingerprint density at radius 1 is 1.33 bits per heavy atom. The first-order chi connectivity index (χ1) is 10.0. The summed E-state index contributed by atoms with van der Waals surface area (Å²) >= 11 is 6.06. The zero-order chi connectivity index (χ0) is 15.4. The van der Waals surface area contributed by atoms with E-state index >= 15 is 0 Å². The van der Waals surface area contributed by atoms with Gasteiger partial charge in [0.05, 0.1) is 22.5 Å². The minimum atomic E-state index is -0.317. The smallest absolute Gasteiger partial charge is 0.259 e. The Kier molecular flexibility index (Phi) is 4.59. The Balaban J connectivity index is 2.19. The van der Waals surface area contributed by atoms with Gasteiger partial charge in [-0.2, -0.15) is 5.10 Å². The standard InChI is InChI=1S/C14H15ClN4O2/c1-3-13(20)17-9-4-5-11(15)12(6-9)18-14(21)10-7-16-19-8(10)2/h4-7H,3H2,1-2H3,(H,16,19)(H,17,20)(H,18,21). The summed E-state index contributed by atoms with van der Waals surface area (Å²) in [5, 5.41) is 12.3. The van der Waals surface area contributed by atoms with Crippen LogP contribution in [-0.4, -0.2) is 22.0 Å². The predicted molar refractivity (Wildman–Crippen MR) is 81.7 cm³/mol. The van der Waals surface area contributed by atoms with Crippen LogP contribution in [0.2, 0.25) is 5.02 Å². The number of anilines is 2. The van der Waals surface area contributed by atoms with E-state index in [-0.39, 0.29) is 11.8 Å². The molecule has 1 heterocycles. The normalized spacial score (nSPS) is 10.2. The van der Waals surface area contributed by atoms with E-state index in [1.165, 1.54) is 6.20 Å². The largest absolute Gasteiger partial charge is 0.326 e. The molecule has 0 saturated heterocycles. The minimum Gasteiger partial charge on any atom is -0.326 e. The van der Waals surface area contributed by atoms with Crippen molar-refractivity contribution in [1.29, 1.82) is 0 Å². The first-order valence-corrected chi connectivity index (χ1v) is 6.79. The summed E-state index contributed by atoms with van der Waals surface area (Å²) < 4.78 is 0. The van der Waals surface area contributed by atoms with Crippen molar-refractivity contribution in [2.75, 3.05) is 10.6 Å². The topological polar surface area (TPSA) is 86.9 Å². The molecule has 0 unspecified atom stereocenters. The van der Waals surface area contributed by atoms with Gasteiger partial charge in [-0.3, -0.25) is 14.7 Å². The van der Waals surface area contributed by atoms with Crippen LogP contribution < -0.4 is 10.6 Å². The molecule has 2 amide bonds. The molecule has 7 heteroatoms. The van der Waals surface area contributed by atoms with Gasteiger partial charge >= 0.3 is 0 Å². The number of hydrogen-bond donors (Lipinski definition) is 3. The third-order valence-electron chi connectivity index (χ3n) is 2.89. The van der Waals surface area contributed by atoms with Crippen LogP contribution in [0.15, 0.2) is 24.4 Å². The number of benzene rings is 1. The maximum absolute atomic E-state index is 12.1. The highest BCUT2D eigenvalue weighted by molar-refractivity contribution is 6.34. The molecule has 0 aliphatic heterocycles. The molecule has 1 aromatic heterocycles. The molecular formula is C14H15ClN4O2. The monoisotopic (exact) mass is 306 g/mol. The fourth-order valence-corrected chi connectivity index (χ4v) is 1.88. The zero-order valence-electron chi connectivity index (χ0n) is 11.7. The van der Waals surface area contributed by atoms with Gasteiger partial charge in [0.2, 0.25) is 5.91 Å². The second-order valence-electron chi connectivity index (χ2n) is 4.46. The first kappa shape index (κ1) is 15.1. The molecular weight excluding hydrogens is 292 g/mol. The highest BCUT2D eigenvalue weighted by Gasteiger charge is 2.13. The van der Waals surface area contributed by atoms with E-state index in [2.05, 4.69) is 20.8 Å². The summed E-state index contributed by atoms with van der Waals surface area (Å²) in [5.41, 5.74) is 2.11. The van der Waals surface area contributed by atoms with Crippen molar-refractivity contribution < 1.29 is 9.59 Å². The molecule has 2 aromatic rings. The number of aromatic nitrogens is 2. The average Bonchev–Trinajstić information content (AvgIpc) is 2.88. The molecule has 0 aliphatic carbocycles. The van der Waals surface area contributed by atoms with E-state index in [9.17, 15) is 9.59 Å². The lowest BCUT2D eigenvalue weighted by Gasteiger charge is -2.10. The molecule has 21 heavy (non-hydrogen) atoms. The SMILES string of the molecule is CCC(=O)Nc1ccc(Cl)c(NC(=O)c2cn[nH]c2C)c1. The third-order valence-corrected chi connectivity index (χ3v) is 3.22. The lowest BCUT2D eigenvalue weighted by atomic mass is 10.2. The number of hydrogen-bond acceptors (Lipinski definition) is 3. The van der Waals surface area contributed by atoms with Gasteiger partial charge in [0, 0.05) is 17.8 Å². The molecule has 2 rings (SSSR count). The molecule has 0 fully saturated rings. The molecule has 1 aromatic carbocycles. The van der Waals surface area contributed by atoms with Crippen LogP contribution in [0, 0.1) is 6.92 Å². The predicted octanol–water partition coefficient (Wildman–Crippen LogP) is 2.97. The molecule has 0 aliphatic rings. The molecule has 0 saturated carbocycles. The second-order valence-corrected chi connectivity index (χ2v) is 4.87. The Morgan fingerprint density at radius 3 is 2.71 bits per heavy atom. The molecule has 6 nitrogen and oxygen atoms in total. The van der Waals surface area contributed by atoms with Crippen molar-refractivity contribution in [3.63, 3.8) is 0 Å². The van der Waals surface area contributed by atoms with Crippen LogP contribution in [0.3, 0.4) is 0 Å². The van der Waals surface area contributed by atoms with Crippen molar-refractivity contribution >= 4 is 34.8 Å². The molecule has 0 atom stereocenters. The number of aromatic amines is 1. The van der Waals surface area contributed by atoms with E-state index < -0.39 is 0 Å². The van der Waals surface area contributed by atoms with Crippen LogP contribution in [0.1, 0.15) is 29.4 Å². The third kappa shape index (κ3) is 3.61. The summed E-state index contributed by atoms with van der Waals surface area (Å²) in [6.07, 6.45) is 1.82. The Morgan fingerprint density at radius 2 is 2.10 bits per heavy atom. The number of halogens is 1. The number of carbonyl (C=O) groups excluding carboxylic acids is 2. The number of rotatable bonds is 4. The van der Waals surface area contributed by atoms with Crippen molar-refractivity contribution in [3.05, 3.63) is 40.7 Å². The van der Waals surface area contributed by atoms with Gasteiger partial charge in [0.25, 0.3) is 5.91 Å². The minimum absolute atomic E-state index is 0.111. The molecule has 3 N–H and O–H groups in total. The Hall–Kier alpha value is -2.34. The van der Waals surface area contributed by atoms with Crippen LogP contribution in [0.4, 0.5) is 11.4 Å². The Labute approximate surface area is 126 Å². The lowest BCUT2D eigenvalue weighted by Crippen LogP contribution is -2.14. The number of amides is 2. The van der Waals surface area contributed by atoms with Crippen molar-refractivity contribution in [2.24, 2.45) is 0 Å². The average molecular weight is 307 g/mol. The van der Waals surface area contributed by atoms with E-state index in [0.717, 1.165) is 0 Å². The van der Waals surface area contributed by atoms with Gasteiger partial charge in [-0.1, -0.05) is 18.5 Å². The highest BCUT2D eigenvalue weighted by atomic mass is 35.5. The first-order valence-electron chi connectivity index (χ1n) is 6.42. The summed E-state index contributed by atoms with van der Waals surface area (Å²) in [6.45, 7) is 3.51. The van der Waals surface area contributed by atoms with Crippen LogP contribution >= 0.6 is 11.6 Å². The number of aryl methyl sites for hydroxylation is 1. The number of H-pyrrole nitrogens is 1. The van der Waals surface area contributed by atoms with Gasteiger partial charge in [-0.05, 0) is 25.1 Å². The van der Waals surface area contributed by atoms with Gasteiger partial charge in [-0.15, -0.1) is 0 Å². The summed E-state index contributed by atoms with van der Waals surface area (Å²) in [6, 6.07) is 4.91. The van der Waals surface area contributed by atoms with Gasteiger partial charge in [0.15, 0.2) is 0 Å². The maximum Gasteiger partial charge on any atom is 0.259 e. The van der Waals surface area contributed by atoms with Crippen molar-refractivity contribution in [1.82, 2.24) is 10.2 Å². The highest BCUT2D eigenvalue weighted by Crippen LogP contribution is 2.26. The van der Waals surface area contributed by atoms with E-state index in [4.69, 9.17) is 11.6 Å². The van der Waals surface area contributed by atoms with Gasteiger partial charge < -0.3 is 10.6 Å². The molecule has 110 valence electrons. The van der Waals surface area contributed by atoms with Gasteiger partial charge in [-0.25, -0.2) is 0 Å². The molecule has 0 bridgehead atoms. The van der Waals surface area contributed by atoms with Crippen LogP contribution in [0.25, 0.3) is 0 Å².